The van der Waals surface area contributed by atoms with E-state index < -0.39 is 0 Å². The van der Waals surface area contributed by atoms with Gasteiger partial charge in [0.1, 0.15) is 17.8 Å². The Morgan fingerprint density at radius 2 is 2.00 bits per heavy atom. The van der Waals surface area contributed by atoms with Crippen LogP contribution in [0.15, 0.2) is 42.7 Å². The van der Waals surface area contributed by atoms with E-state index in [1.54, 1.807) is 18.5 Å². The Labute approximate surface area is 177 Å². The molecule has 4 rings (SSSR count). The summed E-state index contributed by atoms with van der Waals surface area (Å²) in [5.74, 6) is -0.370. The first kappa shape index (κ1) is 20.0. The van der Waals surface area contributed by atoms with Gasteiger partial charge in [0.25, 0.3) is 0 Å². The van der Waals surface area contributed by atoms with Gasteiger partial charge in [-0.25, -0.2) is 4.98 Å². The number of aromatic nitrogens is 2. The van der Waals surface area contributed by atoms with Crippen molar-refractivity contribution in [3.8, 4) is 5.75 Å². The molecule has 1 saturated heterocycles. The summed E-state index contributed by atoms with van der Waals surface area (Å²) >= 11 is 1.36. The first-order valence-electron chi connectivity index (χ1n) is 9.61. The smallest absolute Gasteiger partial charge is 0.249 e. The molecule has 3 amide bonds. The number of nitrogens with zero attached hydrogens (tertiary/aromatic N) is 4. The molecule has 1 aromatic carbocycles. The summed E-state index contributed by atoms with van der Waals surface area (Å²) < 4.78 is 6.54. The molecule has 0 radical (unpaired) electrons. The molecule has 0 N–H and O–H groups in total. The lowest BCUT2D eigenvalue weighted by Crippen LogP contribution is -2.42. The lowest BCUT2D eigenvalue weighted by Gasteiger charge is -2.22. The predicted molar refractivity (Wildman–Crippen MR) is 112 cm³/mol. The minimum atomic E-state index is -0.375. The quantitative estimate of drug-likeness (QED) is 0.542. The van der Waals surface area contributed by atoms with Gasteiger partial charge >= 0.3 is 0 Å². The van der Waals surface area contributed by atoms with E-state index in [0.717, 1.165) is 15.2 Å². The molecule has 0 bridgehead atoms. The van der Waals surface area contributed by atoms with E-state index in [4.69, 9.17) is 4.74 Å². The predicted octanol–water partition coefficient (Wildman–Crippen LogP) is 2.77. The minimum absolute atomic E-state index is 0.146. The second kappa shape index (κ2) is 8.58. The van der Waals surface area contributed by atoms with Crippen molar-refractivity contribution in [2.24, 2.45) is 0 Å². The molecule has 154 valence electrons. The molecular weight excluding hydrogens is 404 g/mol. The number of carbonyl (C=O) groups is 3. The maximum atomic E-state index is 13.2. The highest BCUT2D eigenvalue weighted by Crippen LogP contribution is 2.35. The number of fused-ring (bicyclic) bond motifs is 1. The van der Waals surface area contributed by atoms with Gasteiger partial charge in [0.05, 0.1) is 17.9 Å². The summed E-state index contributed by atoms with van der Waals surface area (Å²) in [4.78, 5) is 48.4. The van der Waals surface area contributed by atoms with Gasteiger partial charge in [-0.2, -0.15) is 0 Å². The summed E-state index contributed by atoms with van der Waals surface area (Å²) in [7, 11) is 0. The van der Waals surface area contributed by atoms with Crippen LogP contribution in [0, 0.1) is 0 Å². The zero-order valence-electron chi connectivity index (χ0n) is 16.4. The van der Waals surface area contributed by atoms with Crippen LogP contribution in [0.2, 0.25) is 0 Å². The highest BCUT2D eigenvalue weighted by molar-refractivity contribution is 7.22. The number of rotatable bonds is 7. The number of anilines is 1. The van der Waals surface area contributed by atoms with Crippen LogP contribution in [-0.2, 0) is 20.9 Å². The number of hydrogen-bond donors (Lipinski definition) is 0. The Morgan fingerprint density at radius 1 is 1.20 bits per heavy atom. The number of amides is 3. The van der Waals surface area contributed by atoms with E-state index in [2.05, 4.69) is 9.97 Å². The summed E-state index contributed by atoms with van der Waals surface area (Å²) in [6.07, 6.45) is 3.62. The second-order valence-electron chi connectivity index (χ2n) is 6.75. The number of imide groups is 1. The zero-order valence-corrected chi connectivity index (χ0v) is 17.2. The number of likely N-dealkylation sites (tertiary alicyclic amines) is 1. The van der Waals surface area contributed by atoms with Gasteiger partial charge in [0.2, 0.25) is 17.7 Å². The molecule has 8 nitrogen and oxygen atoms in total. The lowest BCUT2D eigenvalue weighted by atomic mass is 10.2. The second-order valence-corrected chi connectivity index (χ2v) is 7.76. The lowest BCUT2D eigenvalue weighted by molar-refractivity contribution is -0.141. The van der Waals surface area contributed by atoms with Crippen LogP contribution >= 0.6 is 11.3 Å². The van der Waals surface area contributed by atoms with Crippen molar-refractivity contribution < 1.29 is 19.1 Å². The highest BCUT2D eigenvalue weighted by atomic mass is 32.1. The van der Waals surface area contributed by atoms with E-state index >= 15 is 0 Å². The molecule has 3 aromatic rings. The Morgan fingerprint density at radius 3 is 2.70 bits per heavy atom. The van der Waals surface area contributed by atoms with Gasteiger partial charge in [-0.1, -0.05) is 23.5 Å². The molecule has 1 fully saturated rings. The van der Waals surface area contributed by atoms with E-state index in [9.17, 15) is 14.4 Å². The van der Waals surface area contributed by atoms with Crippen LogP contribution in [0.3, 0.4) is 0 Å². The van der Waals surface area contributed by atoms with Crippen molar-refractivity contribution >= 4 is 44.4 Å². The fourth-order valence-electron chi connectivity index (χ4n) is 3.26. The summed E-state index contributed by atoms with van der Waals surface area (Å²) in [6.45, 7) is 2.33. The summed E-state index contributed by atoms with van der Waals surface area (Å²) in [5, 5.41) is 0.477. The van der Waals surface area contributed by atoms with Crippen molar-refractivity contribution in [1.82, 2.24) is 14.9 Å². The molecular formula is C21H20N4O4S. The average molecular weight is 424 g/mol. The molecule has 1 aliphatic heterocycles. The molecule has 0 aliphatic carbocycles. The molecule has 9 heteroatoms. The summed E-state index contributed by atoms with van der Waals surface area (Å²) in [6, 6.07) is 9.28. The molecule has 0 saturated carbocycles. The topological polar surface area (TPSA) is 92.7 Å². The van der Waals surface area contributed by atoms with E-state index in [-0.39, 0.29) is 43.7 Å². The van der Waals surface area contributed by atoms with Gasteiger partial charge in [-0.05, 0) is 30.7 Å². The molecule has 3 heterocycles. The minimum Gasteiger partial charge on any atom is -0.492 e. The van der Waals surface area contributed by atoms with Crippen LogP contribution in [0.5, 0.6) is 5.75 Å². The first-order valence-corrected chi connectivity index (χ1v) is 10.4. The zero-order chi connectivity index (χ0) is 21.1. The number of para-hydroxylation sites is 1. The van der Waals surface area contributed by atoms with Crippen LogP contribution in [0.25, 0.3) is 10.2 Å². The van der Waals surface area contributed by atoms with Crippen LogP contribution < -0.4 is 9.64 Å². The van der Waals surface area contributed by atoms with E-state index in [1.165, 1.54) is 16.2 Å². The summed E-state index contributed by atoms with van der Waals surface area (Å²) in [5.41, 5.74) is 1.49. The third kappa shape index (κ3) is 4.02. The Balaban J connectivity index is 1.69. The molecule has 2 aromatic heterocycles. The number of carbonyl (C=O) groups excluding carboxylic acids is 3. The Bertz CT molecular complexity index is 1080. The maximum Gasteiger partial charge on any atom is 0.249 e. The Hall–Kier alpha value is -3.33. The van der Waals surface area contributed by atoms with Gasteiger partial charge in [-0.15, -0.1) is 0 Å². The van der Waals surface area contributed by atoms with Crippen molar-refractivity contribution in [1.29, 1.82) is 0 Å². The van der Waals surface area contributed by atoms with Crippen molar-refractivity contribution in [2.75, 3.05) is 18.1 Å². The average Bonchev–Trinajstić information content (AvgIpc) is 3.32. The fraction of sp³-hybridized carbons (Fsp3) is 0.286. The van der Waals surface area contributed by atoms with E-state index in [1.807, 2.05) is 31.2 Å². The third-order valence-electron chi connectivity index (χ3n) is 4.71. The van der Waals surface area contributed by atoms with Gasteiger partial charge in [0, 0.05) is 25.2 Å². The molecule has 30 heavy (non-hydrogen) atoms. The fourth-order valence-corrected chi connectivity index (χ4v) is 4.26. The number of hydrogen-bond acceptors (Lipinski definition) is 7. The van der Waals surface area contributed by atoms with E-state index in [0.29, 0.717) is 23.0 Å². The third-order valence-corrected chi connectivity index (χ3v) is 5.76. The van der Waals surface area contributed by atoms with Gasteiger partial charge in [0.15, 0.2) is 5.13 Å². The number of benzene rings is 1. The highest BCUT2D eigenvalue weighted by Gasteiger charge is 2.33. The van der Waals surface area contributed by atoms with Crippen LogP contribution in [0.4, 0.5) is 5.13 Å². The van der Waals surface area contributed by atoms with Crippen LogP contribution in [0.1, 0.15) is 25.3 Å². The molecule has 0 atom stereocenters. The number of pyridine rings is 1. The Kier molecular flexibility index (Phi) is 5.71. The number of thiazole rings is 1. The molecule has 0 unspecified atom stereocenters. The number of ether oxygens (including phenoxy) is 1. The van der Waals surface area contributed by atoms with Gasteiger partial charge < -0.3 is 4.74 Å². The van der Waals surface area contributed by atoms with Crippen molar-refractivity contribution in [3.63, 3.8) is 0 Å². The SMILES string of the molecule is CCOc1cccc2sc(N(Cc3cccnc3)C(=O)CN3C(=O)CCC3=O)nc12. The normalized spacial score (nSPS) is 13.8. The molecule has 0 spiro atoms. The largest absolute Gasteiger partial charge is 0.492 e. The van der Waals surface area contributed by atoms with Crippen molar-refractivity contribution in [3.05, 3.63) is 48.3 Å². The monoisotopic (exact) mass is 424 g/mol. The maximum absolute atomic E-state index is 13.2. The van der Waals surface area contributed by atoms with Gasteiger partial charge in [-0.3, -0.25) is 29.2 Å². The van der Waals surface area contributed by atoms with Crippen molar-refractivity contribution in [2.45, 2.75) is 26.3 Å². The first-order chi connectivity index (χ1) is 14.6. The van der Waals surface area contributed by atoms with Crippen LogP contribution in [-0.4, -0.2) is 45.7 Å². The standard InChI is InChI=1S/C21H20N4O4S/c1-2-29-15-6-3-7-16-20(15)23-21(30-16)25(12-14-5-4-10-22-11-14)19(28)13-24-17(26)8-9-18(24)27/h3-7,10-11H,2,8-9,12-13H2,1H3. The molecule has 1 aliphatic rings.